The maximum atomic E-state index is 12.5. The van der Waals surface area contributed by atoms with Crippen molar-refractivity contribution in [3.05, 3.63) is 54.1 Å². The van der Waals surface area contributed by atoms with Gasteiger partial charge in [-0.3, -0.25) is 10.1 Å². The topological polar surface area (TPSA) is 59.6 Å². The fourth-order valence-electron chi connectivity index (χ4n) is 2.72. The average Bonchev–Trinajstić information content (AvgIpc) is 2.67. The van der Waals surface area contributed by atoms with Crippen LogP contribution in [-0.2, 0) is 4.79 Å². The highest BCUT2D eigenvalue weighted by Gasteiger charge is 2.18. The largest absolute Gasteiger partial charge is 0.497 e. The van der Waals surface area contributed by atoms with Crippen molar-refractivity contribution in [3.8, 4) is 11.5 Å². The Morgan fingerprint density at radius 3 is 2.15 bits per heavy atom. The van der Waals surface area contributed by atoms with Crippen LogP contribution in [0.4, 0.5) is 5.69 Å². The molecule has 5 heteroatoms. The number of anilines is 1. The van der Waals surface area contributed by atoms with E-state index in [4.69, 9.17) is 9.47 Å². The minimum atomic E-state index is -0.325. The zero-order valence-corrected chi connectivity index (χ0v) is 15.9. The molecule has 0 aliphatic heterocycles. The minimum absolute atomic E-state index is 0.0684. The summed E-state index contributed by atoms with van der Waals surface area (Å²) in [5, 5.41) is 6.33. The van der Waals surface area contributed by atoms with E-state index in [-0.39, 0.29) is 18.0 Å². The van der Waals surface area contributed by atoms with Crippen molar-refractivity contribution >= 4 is 11.6 Å². The summed E-state index contributed by atoms with van der Waals surface area (Å²) in [6, 6.07) is 15.1. The van der Waals surface area contributed by atoms with Crippen LogP contribution < -0.4 is 20.1 Å². The predicted octanol–water partition coefficient (Wildman–Crippen LogP) is 4.16. The molecule has 0 bridgehead atoms. The Morgan fingerprint density at radius 2 is 1.62 bits per heavy atom. The monoisotopic (exact) mass is 356 g/mol. The van der Waals surface area contributed by atoms with Gasteiger partial charge in [0, 0.05) is 11.7 Å². The Balaban J connectivity index is 1.95. The van der Waals surface area contributed by atoms with Gasteiger partial charge in [-0.15, -0.1) is 0 Å². The van der Waals surface area contributed by atoms with Gasteiger partial charge in [-0.25, -0.2) is 0 Å². The van der Waals surface area contributed by atoms with E-state index in [2.05, 4.69) is 17.6 Å². The highest BCUT2D eigenvalue weighted by Crippen LogP contribution is 2.21. The number of carbonyl (C=O) groups is 1. The number of amides is 1. The molecular formula is C21H28N2O3. The van der Waals surface area contributed by atoms with Gasteiger partial charge in [0.15, 0.2) is 0 Å². The summed E-state index contributed by atoms with van der Waals surface area (Å²) in [6.07, 6.45) is 0.882. The van der Waals surface area contributed by atoms with Gasteiger partial charge in [-0.1, -0.05) is 19.1 Å². The molecular weight excluding hydrogens is 328 g/mol. The van der Waals surface area contributed by atoms with Crippen molar-refractivity contribution in [3.63, 3.8) is 0 Å². The van der Waals surface area contributed by atoms with Crippen molar-refractivity contribution < 1.29 is 14.3 Å². The van der Waals surface area contributed by atoms with E-state index in [0.717, 1.165) is 29.2 Å². The quantitative estimate of drug-likeness (QED) is 0.708. The maximum Gasteiger partial charge on any atom is 0.241 e. The van der Waals surface area contributed by atoms with Crippen LogP contribution in [0.15, 0.2) is 48.5 Å². The third-order valence-corrected chi connectivity index (χ3v) is 4.20. The van der Waals surface area contributed by atoms with Crippen LogP contribution in [0.3, 0.4) is 0 Å². The molecule has 0 aliphatic rings. The lowest BCUT2D eigenvalue weighted by molar-refractivity contribution is -0.118. The lowest BCUT2D eigenvalue weighted by atomic mass is 10.0. The molecule has 1 amide bonds. The normalized spacial score (nSPS) is 12.9. The van der Waals surface area contributed by atoms with Gasteiger partial charge in [0.25, 0.3) is 0 Å². The van der Waals surface area contributed by atoms with E-state index in [0.29, 0.717) is 6.61 Å². The molecule has 2 N–H and O–H groups in total. The Hall–Kier alpha value is -2.53. The molecule has 2 aromatic rings. The smallest absolute Gasteiger partial charge is 0.241 e. The standard InChI is InChI=1S/C21H28N2O3/c1-5-20(16-7-11-18(25-4)12-8-16)22-15(3)21(24)23-17-9-13-19(14-10-17)26-6-2/h7-15,20,22H,5-6H2,1-4H3,(H,23,24). The second kappa shape index (κ2) is 9.82. The van der Waals surface area contributed by atoms with Crippen LogP contribution in [0.25, 0.3) is 0 Å². The van der Waals surface area contributed by atoms with E-state index in [1.54, 1.807) is 7.11 Å². The molecule has 0 radical (unpaired) electrons. The van der Waals surface area contributed by atoms with E-state index >= 15 is 0 Å². The predicted molar refractivity (Wildman–Crippen MR) is 105 cm³/mol. The van der Waals surface area contributed by atoms with Crippen LogP contribution in [0.5, 0.6) is 11.5 Å². The summed E-state index contributed by atoms with van der Waals surface area (Å²) in [7, 11) is 1.65. The molecule has 0 saturated heterocycles. The summed E-state index contributed by atoms with van der Waals surface area (Å²) in [6.45, 7) is 6.53. The first-order valence-corrected chi connectivity index (χ1v) is 9.01. The molecule has 140 valence electrons. The molecule has 0 heterocycles. The molecule has 0 saturated carbocycles. The molecule has 2 rings (SSSR count). The van der Waals surface area contributed by atoms with Crippen LogP contribution in [0.1, 0.15) is 38.8 Å². The molecule has 0 fully saturated rings. The molecule has 0 aromatic heterocycles. The fourth-order valence-corrected chi connectivity index (χ4v) is 2.72. The van der Waals surface area contributed by atoms with Gasteiger partial charge in [0.05, 0.1) is 19.8 Å². The van der Waals surface area contributed by atoms with Crippen LogP contribution in [0, 0.1) is 0 Å². The summed E-state index contributed by atoms with van der Waals surface area (Å²) in [5.41, 5.74) is 1.89. The number of hydrogen-bond donors (Lipinski definition) is 2. The first-order valence-electron chi connectivity index (χ1n) is 9.01. The first kappa shape index (κ1) is 19.8. The summed E-state index contributed by atoms with van der Waals surface area (Å²) < 4.78 is 10.6. The lowest BCUT2D eigenvalue weighted by Crippen LogP contribution is -2.40. The van der Waals surface area contributed by atoms with E-state index in [1.807, 2.05) is 62.4 Å². The second-order valence-electron chi connectivity index (χ2n) is 6.07. The molecule has 2 aromatic carbocycles. The number of methoxy groups -OCH3 is 1. The number of benzene rings is 2. The lowest BCUT2D eigenvalue weighted by Gasteiger charge is -2.22. The molecule has 26 heavy (non-hydrogen) atoms. The molecule has 0 spiro atoms. The zero-order chi connectivity index (χ0) is 18.9. The van der Waals surface area contributed by atoms with Crippen molar-refractivity contribution in [2.75, 3.05) is 19.0 Å². The molecule has 5 nitrogen and oxygen atoms in total. The van der Waals surface area contributed by atoms with Crippen LogP contribution in [0.2, 0.25) is 0 Å². The average molecular weight is 356 g/mol. The van der Waals surface area contributed by atoms with E-state index in [9.17, 15) is 4.79 Å². The first-order chi connectivity index (χ1) is 12.6. The minimum Gasteiger partial charge on any atom is -0.497 e. The van der Waals surface area contributed by atoms with Gasteiger partial charge in [-0.05, 0) is 62.2 Å². The van der Waals surface area contributed by atoms with Crippen LogP contribution in [-0.4, -0.2) is 25.7 Å². The molecule has 2 atom stereocenters. The molecule has 2 unspecified atom stereocenters. The molecule has 0 aliphatic carbocycles. The highest BCUT2D eigenvalue weighted by atomic mass is 16.5. The van der Waals surface area contributed by atoms with Gasteiger partial charge in [-0.2, -0.15) is 0 Å². The van der Waals surface area contributed by atoms with Gasteiger partial charge >= 0.3 is 0 Å². The number of hydrogen-bond acceptors (Lipinski definition) is 4. The third kappa shape index (κ3) is 5.49. The van der Waals surface area contributed by atoms with Gasteiger partial charge in [0.2, 0.25) is 5.91 Å². The van der Waals surface area contributed by atoms with Crippen molar-refractivity contribution in [1.29, 1.82) is 0 Å². The highest BCUT2D eigenvalue weighted by molar-refractivity contribution is 5.94. The number of carbonyl (C=O) groups excluding carboxylic acids is 1. The summed E-state index contributed by atoms with van der Waals surface area (Å²) in [4.78, 5) is 12.5. The Bertz CT molecular complexity index is 683. The second-order valence-corrected chi connectivity index (χ2v) is 6.07. The Kier molecular flexibility index (Phi) is 7.48. The van der Waals surface area contributed by atoms with Crippen LogP contribution >= 0.6 is 0 Å². The number of ether oxygens (including phenoxy) is 2. The summed E-state index contributed by atoms with van der Waals surface area (Å²) >= 11 is 0. The third-order valence-electron chi connectivity index (χ3n) is 4.20. The van der Waals surface area contributed by atoms with Crippen molar-refractivity contribution in [2.24, 2.45) is 0 Å². The Morgan fingerprint density at radius 1 is 1.00 bits per heavy atom. The number of nitrogens with one attached hydrogen (secondary N) is 2. The summed E-state index contributed by atoms with van der Waals surface area (Å²) in [5.74, 6) is 1.55. The van der Waals surface area contributed by atoms with Gasteiger partial charge < -0.3 is 14.8 Å². The number of rotatable bonds is 9. The maximum absolute atomic E-state index is 12.5. The van der Waals surface area contributed by atoms with Crippen molar-refractivity contribution in [1.82, 2.24) is 5.32 Å². The van der Waals surface area contributed by atoms with Crippen molar-refractivity contribution in [2.45, 2.75) is 39.3 Å². The fraction of sp³-hybridized carbons (Fsp3) is 0.381. The zero-order valence-electron chi connectivity index (χ0n) is 15.9. The Labute approximate surface area is 155 Å². The van der Waals surface area contributed by atoms with Gasteiger partial charge in [0.1, 0.15) is 11.5 Å². The van der Waals surface area contributed by atoms with E-state index < -0.39 is 0 Å². The SMILES string of the molecule is CCOc1ccc(NC(=O)C(C)NC(CC)c2ccc(OC)cc2)cc1. The van der Waals surface area contributed by atoms with E-state index in [1.165, 1.54) is 0 Å².